The maximum absolute atomic E-state index is 12.9. The Balaban J connectivity index is 4.44. The van der Waals surface area contributed by atoms with Crippen LogP contribution in [0.4, 0.5) is 0 Å². The third-order valence-corrected chi connectivity index (χ3v) is 14.1. The first-order valence-electron chi connectivity index (χ1n) is 33.8. The predicted octanol–water partition coefficient (Wildman–Crippen LogP) is 23.5. The molecule has 0 aliphatic carbocycles. The van der Waals surface area contributed by atoms with Gasteiger partial charge in [0.25, 0.3) is 0 Å². The Kier molecular flexibility index (Phi) is 64.8. The molecule has 0 bridgehead atoms. The van der Waals surface area contributed by atoms with E-state index in [1.807, 2.05) is 0 Å². The molecular formula is C76H124O6. The second-order valence-corrected chi connectivity index (χ2v) is 22.0. The first-order chi connectivity index (χ1) is 40.5. The van der Waals surface area contributed by atoms with Crippen LogP contribution >= 0.6 is 0 Å². The fourth-order valence-corrected chi connectivity index (χ4v) is 9.04. The highest BCUT2D eigenvalue weighted by Crippen LogP contribution is 2.15. The summed E-state index contributed by atoms with van der Waals surface area (Å²) >= 11 is 0. The number of carbonyl (C=O) groups excluding carboxylic acids is 3. The number of allylic oxidation sites excluding steroid dienone is 24. The number of carbonyl (C=O) groups is 3. The van der Waals surface area contributed by atoms with Gasteiger partial charge in [-0.1, -0.05) is 301 Å². The van der Waals surface area contributed by atoms with E-state index in [0.29, 0.717) is 19.3 Å². The van der Waals surface area contributed by atoms with Crippen molar-refractivity contribution in [3.63, 3.8) is 0 Å². The number of unbranched alkanes of at least 4 members (excludes halogenated alkanes) is 25. The molecule has 0 saturated carbocycles. The van der Waals surface area contributed by atoms with Crippen LogP contribution in [0.1, 0.15) is 297 Å². The molecule has 0 fully saturated rings. The average molecular weight is 1130 g/mol. The highest BCUT2D eigenvalue weighted by atomic mass is 16.6. The second kappa shape index (κ2) is 68.8. The molecule has 0 aliphatic heterocycles. The Morgan fingerprint density at radius 2 is 0.488 bits per heavy atom. The number of esters is 3. The molecule has 0 aromatic rings. The molecule has 1 unspecified atom stereocenters. The minimum absolute atomic E-state index is 0.101. The van der Waals surface area contributed by atoms with Crippen LogP contribution in [0, 0.1) is 0 Å². The topological polar surface area (TPSA) is 78.9 Å². The van der Waals surface area contributed by atoms with Crippen molar-refractivity contribution in [2.24, 2.45) is 0 Å². The molecule has 0 rings (SSSR count). The largest absolute Gasteiger partial charge is 0.462 e. The smallest absolute Gasteiger partial charge is 0.306 e. The monoisotopic (exact) mass is 1130 g/mol. The highest BCUT2D eigenvalue weighted by Gasteiger charge is 2.19. The summed E-state index contributed by atoms with van der Waals surface area (Å²) in [6.07, 6.45) is 98.6. The Labute approximate surface area is 506 Å². The SMILES string of the molecule is CC/C=C\C/C=C\C/C=C\C/C=C\C/C=C\C/C=C\C/C=C\C/C=C\C/C=C\CCCC(=O)OCC(COC(=O)CCCCCCCCCCCCCC)OC(=O)CCCCCCCCCC/C=C\C/C=C\C/C=C\CCCCCCC. The van der Waals surface area contributed by atoms with Gasteiger partial charge in [0.2, 0.25) is 0 Å². The number of ether oxygens (including phenoxy) is 3. The van der Waals surface area contributed by atoms with Crippen LogP contribution in [0.3, 0.4) is 0 Å². The van der Waals surface area contributed by atoms with Crippen LogP contribution in [0.2, 0.25) is 0 Å². The molecule has 0 saturated heterocycles. The summed E-state index contributed by atoms with van der Waals surface area (Å²) in [5, 5.41) is 0. The van der Waals surface area contributed by atoms with Crippen LogP contribution in [0.15, 0.2) is 146 Å². The van der Waals surface area contributed by atoms with Crippen LogP contribution in [0.5, 0.6) is 0 Å². The van der Waals surface area contributed by atoms with Crippen molar-refractivity contribution >= 4 is 17.9 Å². The summed E-state index contributed by atoms with van der Waals surface area (Å²) in [5.74, 6) is -0.969. The average Bonchev–Trinajstić information content (AvgIpc) is 3.47. The molecule has 0 heterocycles. The van der Waals surface area contributed by atoms with Gasteiger partial charge in [-0.3, -0.25) is 14.4 Å². The Morgan fingerprint density at radius 3 is 0.793 bits per heavy atom. The lowest BCUT2D eigenvalue weighted by molar-refractivity contribution is -0.167. The normalized spacial score (nSPS) is 13.1. The molecule has 0 aromatic heterocycles. The van der Waals surface area contributed by atoms with E-state index in [9.17, 15) is 14.4 Å². The fraction of sp³-hybridized carbons (Fsp3) is 0.645. The predicted molar refractivity (Wildman–Crippen MR) is 357 cm³/mol. The zero-order valence-electron chi connectivity index (χ0n) is 53.2. The maximum atomic E-state index is 12.9. The van der Waals surface area contributed by atoms with Gasteiger partial charge >= 0.3 is 17.9 Å². The van der Waals surface area contributed by atoms with Crippen molar-refractivity contribution in [3.8, 4) is 0 Å². The van der Waals surface area contributed by atoms with Gasteiger partial charge in [-0.15, -0.1) is 0 Å². The van der Waals surface area contributed by atoms with E-state index in [1.165, 1.54) is 128 Å². The summed E-state index contributed by atoms with van der Waals surface area (Å²) in [6.45, 7) is 6.47. The second-order valence-electron chi connectivity index (χ2n) is 22.0. The molecule has 1 atom stereocenters. The minimum Gasteiger partial charge on any atom is -0.462 e. The molecular weight excluding hydrogens is 1010 g/mol. The van der Waals surface area contributed by atoms with E-state index in [-0.39, 0.29) is 37.5 Å². The standard InChI is InChI=1S/C76H124O6/c1-4-7-10-13-16-19-22-25-27-29-31-33-35-36-37-38-39-40-42-43-45-47-49-51-54-57-60-63-66-69-75(78)81-72-73(71-80-74(77)68-65-62-59-56-53-24-21-18-15-12-9-6-3)82-76(79)70-67-64-61-58-55-52-50-48-46-44-41-34-32-30-28-26-23-20-17-14-11-8-5-2/h7,10,16,19,23,25-27,30-33,36-37,39-41,43-45,49,51,57,60,73H,4-6,8-9,11-15,17-18,20-22,24,28-29,34-35,38,42,46-48,50,52-56,58-59,61-72H2,1-3H3/b10-7-,19-16-,26-23-,27-25-,32-30-,33-31-,37-36-,40-39-,44-41-,45-43-,51-49-,60-57-. The quantitative estimate of drug-likeness (QED) is 0.0261. The van der Waals surface area contributed by atoms with Gasteiger partial charge in [0.15, 0.2) is 6.10 Å². The van der Waals surface area contributed by atoms with E-state index < -0.39 is 6.10 Å². The fourth-order valence-electron chi connectivity index (χ4n) is 9.04. The Morgan fingerprint density at radius 1 is 0.256 bits per heavy atom. The van der Waals surface area contributed by atoms with Crippen LogP contribution < -0.4 is 0 Å². The molecule has 0 spiro atoms. The maximum Gasteiger partial charge on any atom is 0.306 e. The number of hydrogen-bond acceptors (Lipinski definition) is 6. The van der Waals surface area contributed by atoms with Crippen molar-refractivity contribution in [2.45, 2.75) is 303 Å². The zero-order valence-corrected chi connectivity index (χ0v) is 53.2. The molecule has 6 nitrogen and oxygen atoms in total. The van der Waals surface area contributed by atoms with E-state index >= 15 is 0 Å². The van der Waals surface area contributed by atoms with Gasteiger partial charge in [0.05, 0.1) is 0 Å². The van der Waals surface area contributed by atoms with Crippen LogP contribution in [0.25, 0.3) is 0 Å². The van der Waals surface area contributed by atoms with Crippen molar-refractivity contribution in [1.82, 2.24) is 0 Å². The number of rotatable bonds is 60. The third kappa shape index (κ3) is 66.1. The first kappa shape index (κ1) is 77.3. The van der Waals surface area contributed by atoms with Gasteiger partial charge in [-0.05, 0) is 122 Å². The molecule has 6 heteroatoms. The van der Waals surface area contributed by atoms with Crippen molar-refractivity contribution in [3.05, 3.63) is 146 Å². The van der Waals surface area contributed by atoms with Crippen molar-refractivity contribution < 1.29 is 28.6 Å². The van der Waals surface area contributed by atoms with Gasteiger partial charge < -0.3 is 14.2 Å². The van der Waals surface area contributed by atoms with Crippen molar-refractivity contribution in [2.75, 3.05) is 13.2 Å². The Hall–Kier alpha value is -4.71. The molecule has 464 valence electrons. The number of hydrogen-bond donors (Lipinski definition) is 0. The van der Waals surface area contributed by atoms with Crippen LogP contribution in [-0.4, -0.2) is 37.2 Å². The van der Waals surface area contributed by atoms with E-state index in [1.54, 1.807) is 0 Å². The lowest BCUT2D eigenvalue weighted by atomic mass is 10.0. The summed E-state index contributed by atoms with van der Waals surface area (Å²) in [5.41, 5.74) is 0. The van der Waals surface area contributed by atoms with E-state index in [2.05, 4.69) is 167 Å². The van der Waals surface area contributed by atoms with Gasteiger partial charge in [0.1, 0.15) is 13.2 Å². The molecule has 0 aromatic carbocycles. The summed E-state index contributed by atoms with van der Waals surface area (Å²) in [7, 11) is 0. The van der Waals surface area contributed by atoms with Gasteiger partial charge in [-0.2, -0.15) is 0 Å². The molecule has 82 heavy (non-hydrogen) atoms. The third-order valence-electron chi connectivity index (χ3n) is 14.1. The zero-order chi connectivity index (χ0) is 59.2. The summed E-state index contributed by atoms with van der Waals surface area (Å²) < 4.78 is 16.9. The molecule has 0 radical (unpaired) electrons. The van der Waals surface area contributed by atoms with Crippen LogP contribution in [-0.2, 0) is 28.6 Å². The van der Waals surface area contributed by atoms with E-state index in [4.69, 9.17) is 14.2 Å². The molecule has 0 N–H and O–H groups in total. The van der Waals surface area contributed by atoms with Crippen molar-refractivity contribution in [1.29, 1.82) is 0 Å². The summed E-state index contributed by atoms with van der Waals surface area (Å²) in [6, 6.07) is 0. The van der Waals surface area contributed by atoms with Gasteiger partial charge in [-0.25, -0.2) is 0 Å². The molecule has 0 amide bonds. The lowest BCUT2D eigenvalue weighted by Crippen LogP contribution is -2.30. The summed E-state index contributed by atoms with van der Waals surface area (Å²) in [4.78, 5) is 38.3. The minimum atomic E-state index is -0.811. The Bertz CT molecular complexity index is 1780. The molecule has 0 aliphatic rings. The van der Waals surface area contributed by atoms with E-state index in [0.717, 1.165) is 122 Å². The van der Waals surface area contributed by atoms with Gasteiger partial charge in [0, 0.05) is 19.3 Å². The first-order valence-corrected chi connectivity index (χ1v) is 33.8. The highest BCUT2D eigenvalue weighted by molar-refractivity contribution is 5.71. The lowest BCUT2D eigenvalue weighted by Gasteiger charge is -2.18.